The van der Waals surface area contributed by atoms with Gasteiger partial charge in [-0.15, -0.1) is 0 Å². The van der Waals surface area contributed by atoms with Gasteiger partial charge in [0, 0.05) is 5.92 Å². The van der Waals surface area contributed by atoms with Gasteiger partial charge in [0.1, 0.15) is 12.3 Å². The van der Waals surface area contributed by atoms with E-state index in [0.29, 0.717) is 19.9 Å². The lowest BCUT2D eigenvalue weighted by molar-refractivity contribution is -0.352. The first kappa shape index (κ1) is 14.8. The quantitative estimate of drug-likeness (QED) is 0.722. The van der Waals surface area contributed by atoms with Gasteiger partial charge in [0.05, 0.1) is 18.7 Å². The molecule has 0 radical (unpaired) electrons. The van der Waals surface area contributed by atoms with Crippen LogP contribution in [0.4, 0.5) is 4.79 Å². The molecule has 0 aromatic carbocycles. The topological polar surface area (TPSA) is 60.6 Å². The summed E-state index contributed by atoms with van der Waals surface area (Å²) in [5, 5.41) is 0. The Balaban J connectivity index is 2.65. The number of nitrogens with zero attached hydrogens (tertiary/aromatic N) is 1. The van der Waals surface area contributed by atoms with E-state index in [1.165, 1.54) is 0 Å². The van der Waals surface area contributed by atoms with Gasteiger partial charge >= 0.3 is 6.03 Å². The van der Waals surface area contributed by atoms with Crippen LogP contribution in [0.3, 0.4) is 0 Å². The molecule has 18 heavy (non-hydrogen) atoms. The third-order valence-electron chi connectivity index (χ3n) is 3.04. The van der Waals surface area contributed by atoms with E-state index in [9.17, 15) is 9.59 Å². The minimum Gasteiger partial charge on any atom is -0.338 e. The van der Waals surface area contributed by atoms with Crippen molar-refractivity contribution >= 4 is 18.0 Å². The predicted octanol–water partition coefficient (Wildman–Crippen LogP) is 0.0448. The van der Waals surface area contributed by atoms with Gasteiger partial charge in [-0.2, -0.15) is 9.69 Å². The zero-order chi connectivity index (χ0) is 13.7. The summed E-state index contributed by atoms with van der Waals surface area (Å²) >= 11 is 0. The van der Waals surface area contributed by atoms with E-state index >= 15 is 0 Å². The van der Waals surface area contributed by atoms with Crippen molar-refractivity contribution < 1.29 is 19.3 Å². The van der Waals surface area contributed by atoms with E-state index in [1.54, 1.807) is 11.1 Å². The number of urea groups is 1. The number of amides is 2. The molecule has 1 rings (SSSR count). The fourth-order valence-corrected chi connectivity index (χ4v) is 1.81. The second-order valence-corrected chi connectivity index (χ2v) is 5.24. The lowest BCUT2D eigenvalue weighted by Gasteiger charge is -2.15. The Morgan fingerprint density at radius 1 is 1.28 bits per heavy atom. The summed E-state index contributed by atoms with van der Waals surface area (Å²) in [4.78, 5) is 28.0. The molecule has 1 aliphatic heterocycles. The van der Waals surface area contributed by atoms with Crippen LogP contribution in [-0.2, 0) is 9.53 Å². The van der Waals surface area contributed by atoms with Gasteiger partial charge in [0.25, 0.3) is 0 Å². The third-order valence-corrected chi connectivity index (χ3v) is 3.04. The minimum absolute atomic E-state index is 0.0272. The molecule has 1 atom stereocenters. The number of nitrogens with one attached hydrogen (secondary N) is 1. The lowest BCUT2D eigenvalue weighted by Crippen LogP contribution is -2.78. The Morgan fingerprint density at radius 2 is 1.94 bits per heavy atom. The normalized spacial score (nSPS) is 18.0. The van der Waals surface area contributed by atoms with Crippen molar-refractivity contribution in [2.75, 3.05) is 19.9 Å². The molecule has 0 bridgehead atoms. The molecule has 1 aliphatic rings. The Kier molecular flexibility index (Phi) is 5.47. The van der Waals surface area contributed by atoms with E-state index < -0.39 is 0 Å². The number of hydrogen-bond acceptors (Lipinski definition) is 3. The molecule has 0 aromatic heterocycles. The van der Waals surface area contributed by atoms with Crippen LogP contribution in [0, 0.1) is 17.8 Å². The largest absolute Gasteiger partial charge is 0.492 e. The van der Waals surface area contributed by atoms with E-state index in [1.807, 2.05) is 27.7 Å². The van der Waals surface area contributed by atoms with Crippen LogP contribution in [0.5, 0.6) is 0 Å². The van der Waals surface area contributed by atoms with Gasteiger partial charge in [0.2, 0.25) is 0 Å². The minimum atomic E-state index is -0.238. The zero-order valence-corrected chi connectivity index (χ0v) is 11.6. The molecule has 0 saturated carbocycles. The molecule has 102 valence electrons. The first-order valence-corrected chi connectivity index (χ1v) is 6.43. The number of rotatable bonds is 4. The average molecular weight is 255 g/mol. The fourth-order valence-electron chi connectivity index (χ4n) is 1.81. The summed E-state index contributed by atoms with van der Waals surface area (Å²) in [7, 11) is 0. The molecule has 1 N–H and O–H groups in total. The van der Waals surface area contributed by atoms with Crippen molar-refractivity contribution in [2.24, 2.45) is 17.8 Å². The van der Waals surface area contributed by atoms with Crippen molar-refractivity contribution in [3.8, 4) is 0 Å². The van der Waals surface area contributed by atoms with Crippen LogP contribution in [0.2, 0.25) is 0 Å². The van der Waals surface area contributed by atoms with Crippen molar-refractivity contribution in [3.63, 3.8) is 0 Å². The zero-order valence-electron chi connectivity index (χ0n) is 11.6. The number of carbonyl (C=O) groups excluding carboxylic acids is 2. The number of carbonyl (C=O) groups is 2. The van der Waals surface area contributed by atoms with E-state index in [4.69, 9.17) is 4.74 Å². The maximum atomic E-state index is 12.0. The summed E-state index contributed by atoms with van der Waals surface area (Å²) in [6.07, 6.45) is 1.62. The standard InChI is InChI=1S/C13H22N2O3/c1-9(2)11(12(16)10(3)4)7-14-13(17)15-5-6-18-8-15/h7,9-11H,5-6,8H2,1-4H3/p+1/b14-7+. The third kappa shape index (κ3) is 3.91. The maximum Gasteiger partial charge on any atom is 0.492 e. The van der Waals surface area contributed by atoms with Gasteiger partial charge < -0.3 is 4.74 Å². The Morgan fingerprint density at radius 3 is 2.39 bits per heavy atom. The van der Waals surface area contributed by atoms with Crippen molar-refractivity contribution in [2.45, 2.75) is 27.7 Å². The summed E-state index contributed by atoms with van der Waals surface area (Å²) in [6.45, 7) is 9.21. The first-order valence-electron chi connectivity index (χ1n) is 6.43. The summed E-state index contributed by atoms with van der Waals surface area (Å²) in [6, 6.07) is -0.199. The van der Waals surface area contributed by atoms with E-state index in [-0.39, 0.29) is 29.6 Å². The van der Waals surface area contributed by atoms with E-state index in [0.717, 1.165) is 0 Å². The summed E-state index contributed by atoms with van der Waals surface area (Å²) < 4.78 is 5.10. The number of ketones is 1. The molecule has 1 fully saturated rings. The Hall–Kier alpha value is -1.23. The van der Waals surface area contributed by atoms with Gasteiger partial charge in [-0.05, 0) is 5.92 Å². The molecule has 2 amide bonds. The molecular formula is C13H23N2O3+. The van der Waals surface area contributed by atoms with Gasteiger partial charge in [-0.25, -0.2) is 4.99 Å². The molecule has 1 saturated heterocycles. The smallest absolute Gasteiger partial charge is 0.338 e. The highest BCUT2D eigenvalue weighted by Crippen LogP contribution is 2.13. The molecule has 0 aromatic rings. The van der Waals surface area contributed by atoms with Crippen molar-refractivity contribution in [1.29, 1.82) is 0 Å². The second-order valence-electron chi connectivity index (χ2n) is 5.24. The number of Topliss-reactive ketones (excluding diaryl/α,β-unsaturated/α-hetero) is 1. The molecule has 5 nitrogen and oxygen atoms in total. The Bertz CT molecular complexity index is 331. The summed E-state index contributed by atoms with van der Waals surface area (Å²) in [5.41, 5.74) is 0. The van der Waals surface area contributed by atoms with Gasteiger partial charge in [0.15, 0.2) is 6.73 Å². The fraction of sp³-hybridized carbons (Fsp3) is 0.769. The molecule has 0 spiro atoms. The van der Waals surface area contributed by atoms with Crippen LogP contribution in [0.25, 0.3) is 0 Å². The number of ether oxygens (including phenoxy) is 1. The predicted molar refractivity (Wildman–Crippen MR) is 68.1 cm³/mol. The van der Waals surface area contributed by atoms with Crippen LogP contribution in [-0.4, -0.2) is 42.8 Å². The summed E-state index contributed by atoms with van der Waals surface area (Å²) in [5.74, 6) is 0.0659. The monoisotopic (exact) mass is 255 g/mol. The SMILES string of the molecule is CC(C)C(=O)C(/C=[NH+]/C(=O)N1CCOC1)C(C)C. The van der Waals surface area contributed by atoms with Crippen LogP contribution in [0.15, 0.2) is 0 Å². The molecule has 1 unspecified atom stereocenters. The maximum absolute atomic E-state index is 12.0. The van der Waals surface area contributed by atoms with Gasteiger partial charge in [-0.3, -0.25) is 4.79 Å². The molecular weight excluding hydrogens is 232 g/mol. The van der Waals surface area contributed by atoms with Crippen LogP contribution < -0.4 is 4.99 Å². The number of hydrogen-bond donors (Lipinski definition) is 1. The van der Waals surface area contributed by atoms with Crippen LogP contribution in [0.1, 0.15) is 27.7 Å². The molecule has 1 heterocycles. The van der Waals surface area contributed by atoms with Crippen molar-refractivity contribution in [1.82, 2.24) is 4.90 Å². The highest BCUT2D eigenvalue weighted by atomic mass is 16.5. The highest BCUT2D eigenvalue weighted by Gasteiger charge is 2.27. The first-order chi connectivity index (χ1) is 8.43. The van der Waals surface area contributed by atoms with E-state index in [2.05, 4.69) is 4.99 Å². The molecule has 0 aliphatic carbocycles. The van der Waals surface area contributed by atoms with Crippen molar-refractivity contribution in [3.05, 3.63) is 0 Å². The van der Waals surface area contributed by atoms with Gasteiger partial charge in [-0.1, -0.05) is 27.7 Å². The second kappa shape index (κ2) is 6.64. The molecule has 5 heteroatoms. The average Bonchev–Trinajstić information content (AvgIpc) is 2.81. The Labute approximate surface area is 108 Å². The lowest BCUT2D eigenvalue weighted by atomic mass is 9.87. The van der Waals surface area contributed by atoms with Crippen LogP contribution >= 0.6 is 0 Å². The highest BCUT2D eigenvalue weighted by molar-refractivity contribution is 5.95.